The summed E-state index contributed by atoms with van der Waals surface area (Å²) in [6.45, 7) is 2.84. The molecule has 3 aromatic heterocycles. The zero-order valence-corrected chi connectivity index (χ0v) is 15.6. The van der Waals surface area contributed by atoms with E-state index in [4.69, 9.17) is 9.05 Å². The molecule has 8 heteroatoms. The molecule has 0 bridgehead atoms. The van der Waals surface area contributed by atoms with Crippen molar-refractivity contribution < 1.29 is 9.05 Å². The van der Waals surface area contributed by atoms with E-state index in [9.17, 15) is 0 Å². The zero-order valence-electron chi connectivity index (χ0n) is 15.6. The Morgan fingerprint density at radius 3 is 2.79 bits per heavy atom. The van der Waals surface area contributed by atoms with Crippen LogP contribution < -0.4 is 0 Å². The van der Waals surface area contributed by atoms with Gasteiger partial charge < -0.3 is 9.05 Å². The number of nitrogens with zero attached hydrogens (tertiary/aromatic N) is 6. The standard InChI is InChI=1S/C20H22N6O2/c1-2-14(11-21-7-1)18-23-19(28-25-18)15-10-20(15)5-8-26(9-6-20)12-16-22-17(24-27-16)13-3-4-13/h1-2,7,11,13,15H,3-6,8-10,12H2/t15-/m0/s1. The topological polar surface area (TPSA) is 94.0 Å². The van der Waals surface area contributed by atoms with Gasteiger partial charge in [-0.25, -0.2) is 0 Å². The van der Waals surface area contributed by atoms with Crippen molar-refractivity contribution >= 4 is 0 Å². The van der Waals surface area contributed by atoms with Crippen LogP contribution in [-0.4, -0.2) is 43.3 Å². The molecule has 3 aliphatic rings. The second kappa shape index (κ2) is 6.20. The fraction of sp³-hybridized carbons (Fsp3) is 0.550. The van der Waals surface area contributed by atoms with Gasteiger partial charge in [0.1, 0.15) is 0 Å². The van der Waals surface area contributed by atoms with Gasteiger partial charge in [0.05, 0.1) is 6.54 Å². The fourth-order valence-corrected chi connectivity index (χ4v) is 4.43. The minimum absolute atomic E-state index is 0.323. The van der Waals surface area contributed by atoms with E-state index in [1.807, 2.05) is 12.1 Å². The molecule has 2 saturated carbocycles. The van der Waals surface area contributed by atoms with Gasteiger partial charge in [-0.3, -0.25) is 9.88 Å². The van der Waals surface area contributed by atoms with Gasteiger partial charge in [0, 0.05) is 29.8 Å². The van der Waals surface area contributed by atoms with E-state index in [1.165, 1.54) is 12.8 Å². The van der Waals surface area contributed by atoms with Gasteiger partial charge in [0.15, 0.2) is 5.82 Å². The molecule has 4 heterocycles. The molecule has 1 atom stereocenters. The molecule has 0 unspecified atom stereocenters. The van der Waals surface area contributed by atoms with Gasteiger partial charge in [0.2, 0.25) is 17.6 Å². The summed E-state index contributed by atoms with van der Waals surface area (Å²) in [6, 6.07) is 3.84. The molecular formula is C20H22N6O2. The molecule has 1 spiro atoms. The lowest BCUT2D eigenvalue weighted by Crippen LogP contribution is -2.34. The predicted molar refractivity (Wildman–Crippen MR) is 98.1 cm³/mol. The number of pyridine rings is 1. The third-order valence-corrected chi connectivity index (χ3v) is 6.49. The Morgan fingerprint density at radius 2 is 2.00 bits per heavy atom. The molecule has 8 nitrogen and oxygen atoms in total. The van der Waals surface area contributed by atoms with Crippen LogP contribution >= 0.6 is 0 Å². The van der Waals surface area contributed by atoms with Crippen molar-refractivity contribution in [3.8, 4) is 11.4 Å². The highest BCUT2D eigenvalue weighted by Crippen LogP contribution is 2.64. The highest BCUT2D eigenvalue weighted by molar-refractivity contribution is 5.52. The third-order valence-electron chi connectivity index (χ3n) is 6.49. The Kier molecular flexibility index (Phi) is 3.62. The fourth-order valence-electron chi connectivity index (χ4n) is 4.43. The quantitative estimate of drug-likeness (QED) is 0.668. The summed E-state index contributed by atoms with van der Waals surface area (Å²) in [5.41, 5.74) is 1.22. The number of hydrogen-bond donors (Lipinski definition) is 0. The first-order chi connectivity index (χ1) is 13.8. The number of piperidine rings is 1. The van der Waals surface area contributed by atoms with Crippen molar-refractivity contribution in [3.63, 3.8) is 0 Å². The summed E-state index contributed by atoms with van der Waals surface area (Å²) in [6.07, 6.45) is 9.34. The molecule has 1 saturated heterocycles. The second-order valence-corrected chi connectivity index (χ2v) is 8.41. The number of rotatable bonds is 5. The van der Waals surface area contributed by atoms with Crippen LogP contribution in [0.1, 0.15) is 61.5 Å². The first-order valence-corrected chi connectivity index (χ1v) is 10.1. The molecule has 144 valence electrons. The van der Waals surface area contributed by atoms with Gasteiger partial charge >= 0.3 is 0 Å². The van der Waals surface area contributed by atoms with Crippen LogP contribution in [0.15, 0.2) is 33.6 Å². The monoisotopic (exact) mass is 378 g/mol. The molecule has 2 aliphatic carbocycles. The summed E-state index contributed by atoms with van der Waals surface area (Å²) >= 11 is 0. The molecule has 0 amide bonds. The van der Waals surface area contributed by atoms with Crippen molar-refractivity contribution in [2.24, 2.45) is 5.41 Å². The van der Waals surface area contributed by atoms with Crippen LogP contribution in [0.4, 0.5) is 0 Å². The van der Waals surface area contributed by atoms with Gasteiger partial charge in [0.25, 0.3) is 0 Å². The summed E-state index contributed by atoms with van der Waals surface area (Å²) < 4.78 is 11.0. The Balaban J connectivity index is 1.07. The third kappa shape index (κ3) is 2.92. The Morgan fingerprint density at radius 1 is 1.11 bits per heavy atom. The van der Waals surface area contributed by atoms with Crippen LogP contribution in [0.3, 0.4) is 0 Å². The average Bonchev–Trinajstić information content (AvgIpc) is 3.59. The SMILES string of the molecule is c1cncc(-c2noc([C@@H]3CC34CCN(Cc3nc(C5CC5)no3)CC4)n2)c1. The summed E-state index contributed by atoms with van der Waals surface area (Å²) in [7, 11) is 0. The largest absolute Gasteiger partial charge is 0.339 e. The van der Waals surface area contributed by atoms with E-state index in [2.05, 4.69) is 30.2 Å². The highest BCUT2D eigenvalue weighted by atomic mass is 16.5. The first-order valence-electron chi connectivity index (χ1n) is 10.1. The van der Waals surface area contributed by atoms with E-state index in [0.29, 0.717) is 23.1 Å². The number of hydrogen-bond acceptors (Lipinski definition) is 8. The van der Waals surface area contributed by atoms with Gasteiger partial charge in [-0.1, -0.05) is 10.3 Å². The molecule has 1 aliphatic heterocycles. The minimum Gasteiger partial charge on any atom is -0.339 e. The summed E-state index contributed by atoms with van der Waals surface area (Å²) in [5.74, 6) is 3.98. The maximum absolute atomic E-state index is 5.59. The first kappa shape index (κ1) is 16.4. The molecule has 28 heavy (non-hydrogen) atoms. The second-order valence-electron chi connectivity index (χ2n) is 8.41. The van der Waals surface area contributed by atoms with E-state index in [-0.39, 0.29) is 0 Å². The van der Waals surface area contributed by atoms with Crippen molar-refractivity contribution in [1.29, 1.82) is 0 Å². The molecule has 6 rings (SSSR count). The van der Waals surface area contributed by atoms with Crippen LogP contribution in [0.2, 0.25) is 0 Å². The average molecular weight is 378 g/mol. The lowest BCUT2D eigenvalue weighted by molar-refractivity contribution is 0.144. The van der Waals surface area contributed by atoms with E-state index in [1.54, 1.807) is 12.4 Å². The zero-order chi connectivity index (χ0) is 18.6. The van der Waals surface area contributed by atoms with Crippen molar-refractivity contribution in [1.82, 2.24) is 30.2 Å². The summed E-state index contributed by atoms with van der Waals surface area (Å²) in [5, 5.41) is 8.27. The number of aromatic nitrogens is 5. The number of likely N-dealkylation sites (tertiary alicyclic amines) is 1. The van der Waals surface area contributed by atoms with E-state index >= 15 is 0 Å². The Hall–Kier alpha value is -2.61. The minimum atomic E-state index is 0.323. The molecule has 3 aromatic rings. The molecule has 0 N–H and O–H groups in total. The van der Waals surface area contributed by atoms with Crippen molar-refractivity contribution in [2.45, 2.75) is 50.5 Å². The normalized spacial score (nSPS) is 23.9. The van der Waals surface area contributed by atoms with Crippen molar-refractivity contribution in [3.05, 3.63) is 42.1 Å². The summed E-state index contributed by atoms with van der Waals surface area (Å²) in [4.78, 5) is 15.7. The lowest BCUT2D eigenvalue weighted by Gasteiger charge is -2.31. The molecular weight excluding hydrogens is 356 g/mol. The molecule has 0 aromatic carbocycles. The Bertz CT molecular complexity index is 972. The van der Waals surface area contributed by atoms with E-state index < -0.39 is 0 Å². The van der Waals surface area contributed by atoms with Gasteiger partial charge in [-0.2, -0.15) is 9.97 Å². The van der Waals surface area contributed by atoms with Crippen molar-refractivity contribution in [2.75, 3.05) is 13.1 Å². The van der Waals surface area contributed by atoms with Crippen LogP contribution in [0.25, 0.3) is 11.4 Å². The van der Waals surface area contributed by atoms with Gasteiger partial charge in [-0.15, -0.1) is 0 Å². The molecule has 0 radical (unpaired) electrons. The Labute approximate surface area is 162 Å². The van der Waals surface area contributed by atoms with Crippen LogP contribution in [0.5, 0.6) is 0 Å². The van der Waals surface area contributed by atoms with Gasteiger partial charge in [-0.05, 0) is 62.7 Å². The maximum atomic E-state index is 5.59. The van der Waals surface area contributed by atoms with Crippen LogP contribution in [0, 0.1) is 5.41 Å². The highest BCUT2D eigenvalue weighted by Gasteiger charge is 2.58. The molecule has 3 fully saturated rings. The van der Waals surface area contributed by atoms with E-state index in [0.717, 1.165) is 62.1 Å². The van der Waals surface area contributed by atoms with Crippen LogP contribution in [-0.2, 0) is 6.54 Å². The lowest BCUT2D eigenvalue weighted by atomic mass is 9.91. The maximum Gasteiger partial charge on any atom is 0.240 e. The predicted octanol–water partition coefficient (Wildman–Crippen LogP) is 3.16. The smallest absolute Gasteiger partial charge is 0.240 e.